The number of likely N-dealkylation sites (tertiary alicyclic amines) is 1. The number of hydrogen-bond acceptors (Lipinski definition) is 4. The average molecular weight is 536 g/mol. The minimum Gasteiger partial charge on any atom is -0.347 e. The van der Waals surface area contributed by atoms with E-state index in [4.69, 9.17) is 21.1 Å². The number of nitrogens with one attached hydrogen (secondary N) is 1. The van der Waals surface area contributed by atoms with Crippen molar-refractivity contribution < 1.29 is 19.1 Å². The molecule has 0 bridgehead atoms. The third kappa shape index (κ3) is 5.43. The summed E-state index contributed by atoms with van der Waals surface area (Å²) in [6.07, 6.45) is -0.347. The Morgan fingerprint density at radius 1 is 1.15 bits per heavy atom. The van der Waals surface area contributed by atoms with Crippen LogP contribution >= 0.6 is 27.5 Å². The van der Waals surface area contributed by atoms with Crippen molar-refractivity contribution in [1.82, 2.24) is 10.2 Å². The van der Waals surface area contributed by atoms with Crippen LogP contribution in [0, 0.1) is 0 Å². The normalized spacial score (nSPS) is 25.1. The van der Waals surface area contributed by atoms with Gasteiger partial charge in [-0.25, -0.2) is 0 Å². The van der Waals surface area contributed by atoms with E-state index >= 15 is 0 Å². The molecule has 4 rings (SSSR count). The number of carbonyl (C=O) groups is 2. The molecule has 0 aliphatic carbocycles. The molecule has 0 spiro atoms. The topological polar surface area (TPSA) is 67.9 Å². The summed E-state index contributed by atoms with van der Waals surface area (Å²) in [6.45, 7) is 5.93. The number of halogens is 2. The number of hydrogen-bond donors (Lipinski definition) is 1. The lowest BCUT2D eigenvalue weighted by Crippen LogP contribution is -2.49. The largest absolute Gasteiger partial charge is 0.347 e. The fraction of sp³-hybridized carbons (Fsp3) is 0.440. The number of nitrogens with zero attached hydrogens (tertiary/aromatic N) is 1. The molecular formula is C25H28BrClN2O4. The van der Waals surface area contributed by atoms with Crippen LogP contribution in [0.4, 0.5) is 0 Å². The van der Waals surface area contributed by atoms with Crippen molar-refractivity contribution in [2.45, 2.75) is 63.7 Å². The molecule has 176 valence electrons. The molecule has 2 aromatic rings. The first-order valence-electron chi connectivity index (χ1n) is 11.1. The van der Waals surface area contributed by atoms with Crippen LogP contribution in [0.25, 0.3) is 0 Å². The highest BCUT2D eigenvalue weighted by Gasteiger charge is 2.51. The summed E-state index contributed by atoms with van der Waals surface area (Å²) in [6, 6.07) is 14.9. The quantitative estimate of drug-likeness (QED) is 0.574. The minimum absolute atomic E-state index is 0.103. The number of ether oxygens (including phenoxy) is 2. The molecular weight excluding hydrogens is 508 g/mol. The summed E-state index contributed by atoms with van der Waals surface area (Å²) >= 11 is 9.60. The summed E-state index contributed by atoms with van der Waals surface area (Å²) in [5.74, 6) is -1.65. The van der Waals surface area contributed by atoms with Crippen LogP contribution in [0.15, 0.2) is 53.0 Å². The maximum atomic E-state index is 13.6. The molecule has 2 aromatic carbocycles. The van der Waals surface area contributed by atoms with Crippen LogP contribution in [-0.4, -0.2) is 41.3 Å². The SMILES string of the molecule is C[C@H](NC(=O)[C@@H]1OC(C)(C)O[C@H]1C(=O)N1CCC[C@@H]1c1cccc(Cl)c1)c1ccc(Br)cc1. The molecule has 2 heterocycles. The van der Waals surface area contributed by atoms with Crippen LogP contribution in [0.1, 0.15) is 56.8 Å². The Balaban J connectivity index is 1.51. The fourth-order valence-corrected chi connectivity index (χ4v) is 4.98. The Morgan fingerprint density at radius 2 is 1.85 bits per heavy atom. The Kier molecular flexibility index (Phi) is 7.15. The van der Waals surface area contributed by atoms with Crippen molar-refractivity contribution in [3.63, 3.8) is 0 Å². The Morgan fingerprint density at radius 3 is 2.55 bits per heavy atom. The van der Waals surface area contributed by atoms with Crippen LogP contribution in [0.2, 0.25) is 5.02 Å². The van der Waals surface area contributed by atoms with Gasteiger partial charge in [-0.05, 0) is 69.0 Å². The molecule has 33 heavy (non-hydrogen) atoms. The van der Waals surface area contributed by atoms with E-state index in [2.05, 4.69) is 21.2 Å². The van der Waals surface area contributed by atoms with Gasteiger partial charge in [0, 0.05) is 16.0 Å². The zero-order valence-electron chi connectivity index (χ0n) is 18.9. The lowest BCUT2D eigenvalue weighted by atomic mass is 10.0. The molecule has 6 nitrogen and oxygen atoms in total. The third-order valence-corrected chi connectivity index (χ3v) is 6.86. The van der Waals surface area contributed by atoms with Crippen molar-refractivity contribution in [3.05, 3.63) is 69.2 Å². The molecule has 2 amide bonds. The van der Waals surface area contributed by atoms with Gasteiger partial charge in [0.1, 0.15) is 0 Å². The molecule has 8 heteroatoms. The molecule has 2 saturated heterocycles. The van der Waals surface area contributed by atoms with Gasteiger partial charge in [-0.15, -0.1) is 0 Å². The Hall–Kier alpha value is -1.93. The highest BCUT2D eigenvalue weighted by atomic mass is 79.9. The maximum Gasteiger partial charge on any atom is 0.255 e. The highest BCUT2D eigenvalue weighted by molar-refractivity contribution is 9.10. The maximum absolute atomic E-state index is 13.6. The summed E-state index contributed by atoms with van der Waals surface area (Å²) < 4.78 is 12.8. The van der Waals surface area contributed by atoms with Crippen molar-refractivity contribution in [3.8, 4) is 0 Å². The van der Waals surface area contributed by atoms with E-state index < -0.39 is 18.0 Å². The molecule has 0 saturated carbocycles. The van der Waals surface area contributed by atoms with Gasteiger partial charge in [0.25, 0.3) is 11.8 Å². The minimum atomic E-state index is -1.05. The molecule has 0 aromatic heterocycles. The van der Waals surface area contributed by atoms with Gasteiger partial charge in [-0.1, -0.05) is 51.8 Å². The van der Waals surface area contributed by atoms with E-state index in [1.807, 2.05) is 55.5 Å². The molecule has 0 unspecified atom stereocenters. The predicted molar refractivity (Wildman–Crippen MR) is 130 cm³/mol. The summed E-state index contributed by atoms with van der Waals surface area (Å²) in [5.41, 5.74) is 1.93. The first-order valence-corrected chi connectivity index (χ1v) is 12.3. The van der Waals surface area contributed by atoms with E-state index in [0.717, 1.165) is 28.4 Å². The molecule has 2 aliphatic rings. The van der Waals surface area contributed by atoms with Crippen molar-refractivity contribution >= 4 is 39.3 Å². The van der Waals surface area contributed by atoms with Gasteiger partial charge < -0.3 is 19.7 Å². The monoisotopic (exact) mass is 534 g/mol. The molecule has 4 atom stereocenters. The Labute approximate surface area is 207 Å². The number of benzene rings is 2. The van der Waals surface area contributed by atoms with Crippen molar-refractivity contribution in [1.29, 1.82) is 0 Å². The van der Waals surface area contributed by atoms with Crippen LogP contribution in [-0.2, 0) is 19.1 Å². The Bertz CT molecular complexity index is 1030. The zero-order valence-corrected chi connectivity index (χ0v) is 21.2. The molecule has 2 fully saturated rings. The van der Waals surface area contributed by atoms with Crippen molar-refractivity contribution in [2.24, 2.45) is 0 Å². The molecule has 0 radical (unpaired) electrons. The third-order valence-electron chi connectivity index (χ3n) is 6.10. The second kappa shape index (κ2) is 9.74. The van der Waals surface area contributed by atoms with Crippen LogP contribution < -0.4 is 5.32 Å². The van der Waals surface area contributed by atoms with Gasteiger partial charge >= 0.3 is 0 Å². The zero-order chi connectivity index (χ0) is 23.8. The van der Waals surface area contributed by atoms with E-state index in [1.165, 1.54) is 0 Å². The lowest BCUT2D eigenvalue weighted by Gasteiger charge is -2.29. The van der Waals surface area contributed by atoms with Crippen LogP contribution in [0.3, 0.4) is 0 Å². The van der Waals surface area contributed by atoms with E-state index in [0.29, 0.717) is 11.6 Å². The summed E-state index contributed by atoms with van der Waals surface area (Å²) in [7, 11) is 0. The predicted octanol–water partition coefficient (Wildman–Crippen LogP) is 5.16. The van der Waals surface area contributed by atoms with Gasteiger partial charge in [0.2, 0.25) is 0 Å². The molecule has 1 N–H and O–H groups in total. The number of amides is 2. The number of carbonyl (C=O) groups excluding carboxylic acids is 2. The second-order valence-electron chi connectivity index (χ2n) is 9.00. The summed E-state index contributed by atoms with van der Waals surface area (Å²) in [4.78, 5) is 28.6. The van der Waals surface area contributed by atoms with E-state index in [9.17, 15) is 9.59 Å². The first-order chi connectivity index (χ1) is 15.6. The van der Waals surface area contributed by atoms with Crippen LogP contribution in [0.5, 0.6) is 0 Å². The van der Waals surface area contributed by atoms with E-state index in [-0.39, 0.29) is 23.9 Å². The second-order valence-corrected chi connectivity index (χ2v) is 10.4. The molecule has 2 aliphatic heterocycles. The fourth-order valence-electron chi connectivity index (χ4n) is 4.52. The van der Waals surface area contributed by atoms with Gasteiger partial charge in [0.05, 0.1) is 12.1 Å². The number of rotatable bonds is 5. The first kappa shape index (κ1) is 24.2. The van der Waals surface area contributed by atoms with Gasteiger partial charge in [0.15, 0.2) is 18.0 Å². The van der Waals surface area contributed by atoms with Gasteiger partial charge in [-0.2, -0.15) is 0 Å². The highest BCUT2D eigenvalue weighted by Crippen LogP contribution is 2.37. The smallest absolute Gasteiger partial charge is 0.255 e. The van der Waals surface area contributed by atoms with Gasteiger partial charge in [-0.3, -0.25) is 9.59 Å². The lowest BCUT2D eigenvalue weighted by molar-refractivity contribution is -0.163. The average Bonchev–Trinajstić information content (AvgIpc) is 3.38. The van der Waals surface area contributed by atoms with E-state index in [1.54, 1.807) is 18.7 Å². The summed E-state index contributed by atoms with van der Waals surface area (Å²) in [5, 5.41) is 3.61. The standard InChI is InChI=1S/C25H28BrClN2O4/c1-15(16-9-11-18(26)12-10-16)28-23(30)21-22(33-25(2,3)32-21)24(31)29-13-5-8-20(29)17-6-4-7-19(27)14-17/h4,6-7,9-12,14-15,20-22H,5,8,13H2,1-3H3,(H,28,30)/t15-,20+,21+,22+/m0/s1. The van der Waals surface area contributed by atoms with Crippen molar-refractivity contribution in [2.75, 3.05) is 6.54 Å².